The van der Waals surface area contributed by atoms with Crippen molar-refractivity contribution in [2.75, 3.05) is 6.61 Å². The minimum absolute atomic E-state index is 0.338. The average molecular weight is 245 g/mol. The van der Waals surface area contributed by atoms with E-state index in [0.29, 0.717) is 24.6 Å². The first-order valence-electron chi connectivity index (χ1n) is 7.24. The van der Waals surface area contributed by atoms with E-state index in [-0.39, 0.29) is 0 Å². The molecule has 0 saturated heterocycles. The van der Waals surface area contributed by atoms with Crippen LogP contribution >= 0.6 is 0 Å². The molecule has 0 radical (unpaired) electrons. The normalized spacial score (nSPS) is 30.7. The first-order valence-corrected chi connectivity index (χ1v) is 7.24. The number of aliphatic hydroxyl groups is 1. The molecule has 1 saturated carbocycles. The van der Waals surface area contributed by atoms with Crippen molar-refractivity contribution in [1.29, 1.82) is 0 Å². The Balaban J connectivity index is 1.74. The maximum atomic E-state index is 9.41. The molecule has 2 aliphatic rings. The molecule has 0 bridgehead atoms. The van der Waals surface area contributed by atoms with Gasteiger partial charge in [0.2, 0.25) is 0 Å². The summed E-state index contributed by atoms with van der Waals surface area (Å²) in [5.74, 6) is 0.471. The fourth-order valence-electron chi connectivity index (χ4n) is 3.63. The minimum Gasteiger partial charge on any atom is -0.396 e. The number of aryl methyl sites for hydroxylation is 2. The summed E-state index contributed by atoms with van der Waals surface area (Å²) in [6.07, 6.45) is 6.08. The first-order chi connectivity index (χ1) is 8.78. The van der Waals surface area contributed by atoms with Crippen molar-refractivity contribution >= 4 is 0 Å². The van der Waals surface area contributed by atoms with E-state index in [9.17, 15) is 5.11 Å². The van der Waals surface area contributed by atoms with E-state index < -0.39 is 0 Å². The molecule has 2 nitrogen and oxygen atoms in total. The lowest BCUT2D eigenvalue weighted by Crippen LogP contribution is -2.36. The van der Waals surface area contributed by atoms with Crippen molar-refractivity contribution in [3.63, 3.8) is 0 Å². The molecule has 3 rings (SSSR count). The summed E-state index contributed by atoms with van der Waals surface area (Å²) >= 11 is 0. The van der Waals surface area contributed by atoms with Crippen LogP contribution in [0.15, 0.2) is 18.2 Å². The number of hydrogen-bond acceptors (Lipinski definition) is 2. The Morgan fingerprint density at radius 3 is 3.00 bits per heavy atom. The molecule has 0 heterocycles. The van der Waals surface area contributed by atoms with Crippen LogP contribution in [0.2, 0.25) is 0 Å². The van der Waals surface area contributed by atoms with Crippen molar-refractivity contribution in [2.24, 2.45) is 5.92 Å². The zero-order chi connectivity index (χ0) is 12.5. The van der Waals surface area contributed by atoms with E-state index in [0.717, 1.165) is 0 Å². The lowest BCUT2D eigenvalue weighted by atomic mass is 10.0. The number of benzene rings is 1. The third-order valence-corrected chi connectivity index (χ3v) is 4.69. The minimum atomic E-state index is 0.338. The average Bonchev–Trinajstić information content (AvgIpc) is 2.97. The summed E-state index contributed by atoms with van der Waals surface area (Å²) in [7, 11) is 0. The zero-order valence-corrected chi connectivity index (χ0v) is 11.2. The van der Waals surface area contributed by atoms with Crippen molar-refractivity contribution in [3.8, 4) is 0 Å². The summed E-state index contributed by atoms with van der Waals surface area (Å²) in [6, 6.07) is 7.87. The first kappa shape index (κ1) is 12.2. The van der Waals surface area contributed by atoms with E-state index in [1.165, 1.54) is 48.8 Å². The Labute approximate surface area is 109 Å². The fourth-order valence-corrected chi connectivity index (χ4v) is 3.63. The van der Waals surface area contributed by atoms with Gasteiger partial charge in [-0.2, -0.15) is 0 Å². The van der Waals surface area contributed by atoms with Crippen molar-refractivity contribution in [2.45, 2.75) is 51.1 Å². The van der Waals surface area contributed by atoms with Crippen LogP contribution in [0.4, 0.5) is 0 Å². The van der Waals surface area contributed by atoms with E-state index in [4.69, 9.17) is 0 Å². The van der Waals surface area contributed by atoms with Crippen molar-refractivity contribution in [3.05, 3.63) is 34.9 Å². The Hall–Kier alpha value is -0.860. The maximum absolute atomic E-state index is 9.41. The Morgan fingerprint density at radius 1 is 1.28 bits per heavy atom. The van der Waals surface area contributed by atoms with Gasteiger partial charge in [-0.05, 0) is 49.7 Å². The van der Waals surface area contributed by atoms with Crippen LogP contribution in [0.1, 0.15) is 48.4 Å². The third kappa shape index (κ3) is 2.19. The van der Waals surface area contributed by atoms with Gasteiger partial charge < -0.3 is 10.4 Å². The SMILES string of the molecule is Cc1ccc2c(c1)C(NC1CCCC1CO)CC2. The second kappa shape index (κ2) is 5.02. The van der Waals surface area contributed by atoms with Crippen LogP contribution in [-0.4, -0.2) is 17.8 Å². The highest BCUT2D eigenvalue weighted by atomic mass is 16.3. The third-order valence-electron chi connectivity index (χ3n) is 4.69. The summed E-state index contributed by atoms with van der Waals surface area (Å²) in [5.41, 5.74) is 4.36. The monoisotopic (exact) mass is 245 g/mol. The number of aliphatic hydroxyl groups excluding tert-OH is 1. The second-order valence-electron chi connectivity index (χ2n) is 5.94. The van der Waals surface area contributed by atoms with Gasteiger partial charge in [0.1, 0.15) is 0 Å². The van der Waals surface area contributed by atoms with Gasteiger partial charge in [0.25, 0.3) is 0 Å². The molecule has 2 N–H and O–H groups in total. The van der Waals surface area contributed by atoms with E-state index in [2.05, 4.69) is 30.4 Å². The molecular formula is C16H23NO. The van der Waals surface area contributed by atoms with Gasteiger partial charge in [0, 0.05) is 18.7 Å². The molecule has 2 heteroatoms. The molecule has 0 aromatic heterocycles. The largest absolute Gasteiger partial charge is 0.396 e. The predicted molar refractivity (Wildman–Crippen MR) is 73.6 cm³/mol. The predicted octanol–water partition coefficient (Wildman–Crippen LogP) is 2.73. The second-order valence-corrected chi connectivity index (χ2v) is 5.94. The molecule has 1 aromatic carbocycles. The summed E-state index contributed by atoms with van der Waals surface area (Å²) in [6.45, 7) is 2.51. The fraction of sp³-hybridized carbons (Fsp3) is 0.625. The number of rotatable bonds is 3. The lowest BCUT2D eigenvalue weighted by Gasteiger charge is -2.24. The molecule has 1 fully saturated rings. The maximum Gasteiger partial charge on any atom is 0.0474 e. The molecule has 18 heavy (non-hydrogen) atoms. The molecule has 3 atom stereocenters. The number of fused-ring (bicyclic) bond motifs is 1. The summed E-state index contributed by atoms with van der Waals surface area (Å²) < 4.78 is 0. The van der Waals surface area contributed by atoms with Gasteiger partial charge in [-0.3, -0.25) is 0 Å². The van der Waals surface area contributed by atoms with Crippen LogP contribution in [0, 0.1) is 12.8 Å². The van der Waals surface area contributed by atoms with Gasteiger partial charge in [-0.1, -0.05) is 30.2 Å². The summed E-state index contributed by atoms with van der Waals surface area (Å²) in [4.78, 5) is 0. The molecule has 0 spiro atoms. The van der Waals surface area contributed by atoms with Gasteiger partial charge >= 0.3 is 0 Å². The smallest absolute Gasteiger partial charge is 0.0474 e. The Morgan fingerprint density at radius 2 is 2.17 bits per heavy atom. The molecule has 0 aliphatic heterocycles. The van der Waals surface area contributed by atoms with E-state index >= 15 is 0 Å². The Kier molecular flexibility index (Phi) is 3.40. The highest BCUT2D eigenvalue weighted by molar-refractivity contribution is 5.37. The van der Waals surface area contributed by atoms with Crippen LogP contribution in [0.3, 0.4) is 0 Å². The van der Waals surface area contributed by atoms with Gasteiger partial charge in [-0.25, -0.2) is 0 Å². The molecule has 2 aliphatic carbocycles. The molecule has 98 valence electrons. The van der Waals surface area contributed by atoms with Crippen LogP contribution in [0.25, 0.3) is 0 Å². The topological polar surface area (TPSA) is 32.3 Å². The van der Waals surface area contributed by atoms with E-state index in [1.807, 2.05) is 0 Å². The highest BCUT2D eigenvalue weighted by Crippen LogP contribution is 2.35. The standard InChI is InChI=1S/C16H23NO/c1-11-5-6-12-7-8-16(14(12)9-11)17-15-4-2-3-13(15)10-18/h5-6,9,13,15-18H,2-4,7-8,10H2,1H3. The van der Waals surface area contributed by atoms with Crippen LogP contribution in [0.5, 0.6) is 0 Å². The lowest BCUT2D eigenvalue weighted by molar-refractivity contribution is 0.199. The van der Waals surface area contributed by atoms with Crippen molar-refractivity contribution in [1.82, 2.24) is 5.32 Å². The van der Waals surface area contributed by atoms with Gasteiger partial charge in [0.05, 0.1) is 0 Å². The molecule has 1 aromatic rings. The molecular weight excluding hydrogens is 222 g/mol. The Bertz CT molecular complexity index is 429. The number of hydrogen-bond donors (Lipinski definition) is 2. The highest BCUT2D eigenvalue weighted by Gasteiger charge is 2.31. The molecule has 0 amide bonds. The van der Waals surface area contributed by atoms with Crippen LogP contribution in [-0.2, 0) is 6.42 Å². The van der Waals surface area contributed by atoms with Gasteiger partial charge in [-0.15, -0.1) is 0 Å². The van der Waals surface area contributed by atoms with Crippen LogP contribution < -0.4 is 5.32 Å². The quantitative estimate of drug-likeness (QED) is 0.858. The van der Waals surface area contributed by atoms with Gasteiger partial charge in [0.15, 0.2) is 0 Å². The zero-order valence-electron chi connectivity index (χ0n) is 11.2. The summed E-state index contributed by atoms with van der Waals surface area (Å²) in [5, 5.41) is 13.2. The molecule has 3 unspecified atom stereocenters. The number of nitrogens with one attached hydrogen (secondary N) is 1. The van der Waals surface area contributed by atoms with Crippen molar-refractivity contribution < 1.29 is 5.11 Å². The van der Waals surface area contributed by atoms with E-state index in [1.54, 1.807) is 0 Å².